The minimum Gasteiger partial charge on any atom is -0.406 e. The number of hydrogen-bond donors (Lipinski definition) is 1. The Morgan fingerprint density at radius 3 is 2.47 bits per heavy atom. The van der Waals surface area contributed by atoms with Gasteiger partial charge in [0.25, 0.3) is 0 Å². The molecule has 1 aromatic rings. The molecule has 96 valence electrons. The number of benzene rings is 1. The minimum atomic E-state index is -4.86. The van der Waals surface area contributed by atoms with Crippen LogP contribution in [0.2, 0.25) is 0 Å². The lowest BCUT2D eigenvalue weighted by atomic mass is 10.0. The average Bonchev–Trinajstić information content (AvgIpc) is 2.19. The fraction of sp³-hybridized carbons (Fsp3) is 0.400. The molecule has 0 saturated carbocycles. The van der Waals surface area contributed by atoms with E-state index in [0.29, 0.717) is 0 Å². The topological polar surface area (TPSA) is 35.2 Å². The van der Waals surface area contributed by atoms with Crippen LogP contribution in [0.15, 0.2) is 18.2 Å². The third kappa shape index (κ3) is 4.18. The lowest BCUT2D eigenvalue weighted by Gasteiger charge is -2.14. The zero-order valence-electron chi connectivity index (χ0n) is 8.60. The summed E-state index contributed by atoms with van der Waals surface area (Å²) in [5, 5.41) is 0. The highest BCUT2D eigenvalue weighted by Gasteiger charge is 2.31. The molecule has 0 fully saturated rings. The summed E-state index contributed by atoms with van der Waals surface area (Å²) in [6.07, 6.45) is -5.04. The number of halogens is 5. The highest BCUT2D eigenvalue weighted by Crippen LogP contribution is 2.27. The van der Waals surface area contributed by atoms with E-state index in [1.54, 1.807) is 0 Å². The molecule has 2 nitrogen and oxygen atoms in total. The van der Waals surface area contributed by atoms with Gasteiger partial charge < -0.3 is 10.5 Å². The van der Waals surface area contributed by atoms with Crippen LogP contribution < -0.4 is 10.5 Å². The first-order valence-corrected chi connectivity index (χ1v) is 4.70. The van der Waals surface area contributed by atoms with E-state index >= 15 is 0 Å². The molecule has 7 heteroatoms. The van der Waals surface area contributed by atoms with E-state index in [4.69, 9.17) is 5.73 Å². The zero-order chi connectivity index (χ0) is 13.1. The van der Waals surface area contributed by atoms with Gasteiger partial charge in [0.15, 0.2) is 0 Å². The second-order valence-electron chi connectivity index (χ2n) is 3.32. The summed E-state index contributed by atoms with van der Waals surface area (Å²) < 4.78 is 64.6. The third-order valence-electron chi connectivity index (χ3n) is 2.02. The Bertz CT molecular complexity index is 379. The Labute approximate surface area is 94.2 Å². The van der Waals surface area contributed by atoms with Crippen molar-refractivity contribution in [2.45, 2.75) is 18.8 Å². The maximum Gasteiger partial charge on any atom is 0.573 e. The normalized spacial score (nSPS) is 13.5. The summed E-state index contributed by atoms with van der Waals surface area (Å²) in [4.78, 5) is 0. The maximum atomic E-state index is 13.2. The third-order valence-corrected chi connectivity index (χ3v) is 2.02. The van der Waals surface area contributed by atoms with Gasteiger partial charge in [-0.25, -0.2) is 4.39 Å². The van der Waals surface area contributed by atoms with E-state index in [1.165, 1.54) is 0 Å². The van der Waals surface area contributed by atoms with Crippen molar-refractivity contribution in [2.75, 3.05) is 6.67 Å². The smallest absolute Gasteiger partial charge is 0.406 e. The van der Waals surface area contributed by atoms with Crippen molar-refractivity contribution in [3.8, 4) is 5.75 Å². The molecule has 0 heterocycles. The van der Waals surface area contributed by atoms with Crippen LogP contribution >= 0.6 is 0 Å². The van der Waals surface area contributed by atoms with Gasteiger partial charge in [0.1, 0.15) is 11.6 Å². The van der Waals surface area contributed by atoms with Crippen LogP contribution in [0.25, 0.3) is 0 Å². The fourth-order valence-corrected chi connectivity index (χ4v) is 1.28. The van der Waals surface area contributed by atoms with Gasteiger partial charge in [0.2, 0.25) is 0 Å². The number of ether oxygens (including phenoxy) is 1. The molecule has 0 spiro atoms. The number of rotatable bonds is 4. The van der Waals surface area contributed by atoms with Crippen LogP contribution in [0.5, 0.6) is 5.75 Å². The zero-order valence-corrected chi connectivity index (χ0v) is 8.60. The molecule has 0 bridgehead atoms. The molecule has 1 atom stereocenters. The van der Waals surface area contributed by atoms with Crippen molar-refractivity contribution in [1.82, 2.24) is 0 Å². The van der Waals surface area contributed by atoms with Gasteiger partial charge in [-0.15, -0.1) is 13.2 Å². The minimum absolute atomic E-state index is 0.174. The first kappa shape index (κ1) is 13.7. The molecular weight excluding hydrogens is 245 g/mol. The van der Waals surface area contributed by atoms with E-state index < -0.39 is 30.6 Å². The van der Waals surface area contributed by atoms with Crippen LogP contribution in [0.3, 0.4) is 0 Å². The predicted molar refractivity (Wildman–Crippen MR) is 50.6 cm³/mol. The molecule has 0 aliphatic rings. The Morgan fingerprint density at radius 2 is 1.94 bits per heavy atom. The Kier molecular flexibility index (Phi) is 4.28. The molecule has 0 aliphatic heterocycles. The summed E-state index contributed by atoms with van der Waals surface area (Å²) in [5.74, 6) is -1.37. The predicted octanol–water partition coefficient (Wildman–Crippen LogP) is 3.08. The standard InChI is InChI=1S/C10H10F5NO/c11-4-3-9(16)7-5-6(1-2-8(7)12)17-10(13,14)15/h1-2,5,9H,3-4,16H2/t9-/m1/s1. The fourth-order valence-electron chi connectivity index (χ4n) is 1.28. The molecule has 0 aromatic heterocycles. The molecule has 0 unspecified atom stereocenters. The van der Waals surface area contributed by atoms with E-state index in [-0.39, 0.29) is 12.0 Å². The second-order valence-corrected chi connectivity index (χ2v) is 3.32. The van der Waals surface area contributed by atoms with Crippen molar-refractivity contribution in [3.63, 3.8) is 0 Å². The number of hydrogen-bond acceptors (Lipinski definition) is 2. The molecule has 2 N–H and O–H groups in total. The molecule has 1 aromatic carbocycles. The van der Waals surface area contributed by atoms with Gasteiger partial charge in [0, 0.05) is 11.6 Å². The van der Waals surface area contributed by atoms with E-state index in [2.05, 4.69) is 4.74 Å². The highest BCUT2D eigenvalue weighted by molar-refractivity contribution is 5.32. The largest absolute Gasteiger partial charge is 0.573 e. The molecular formula is C10H10F5NO. The second kappa shape index (κ2) is 5.31. The van der Waals surface area contributed by atoms with E-state index in [9.17, 15) is 22.0 Å². The summed E-state index contributed by atoms with van der Waals surface area (Å²) in [6.45, 7) is -0.787. The summed E-state index contributed by atoms with van der Waals surface area (Å²) >= 11 is 0. The summed E-state index contributed by atoms with van der Waals surface area (Å²) in [5.41, 5.74) is 5.22. The maximum absolute atomic E-state index is 13.2. The van der Waals surface area contributed by atoms with Gasteiger partial charge in [-0.05, 0) is 24.6 Å². The molecule has 1 rings (SSSR count). The monoisotopic (exact) mass is 255 g/mol. The first-order valence-electron chi connectivity index (χ1n) is 4.70. The van der Waals surface area contributed by atoms with E-state index in [0.717, 1.165) is 18.2 Å². The molecule has 0 radical (unpaired) electrons. The summed E-state index contributed by atoms with van der Waals surface area (Å²) in [6, 6.07) is 1.45. The van der Waals surface area contributed by atoms with Gasteiger partial charge in [-0.2, -0.15) is 0 Å². The average molecular weight is 255 g/mol. The summed E-state index contributed by atoms with van der Waals surface area (Å²) in [7, 11) is 0. The molecule has 0 amide bonds. The molecule has 0 aliphatic carbocycles. The Balaban J connectivity index is 2.94. The molecule has 0 saturated heterocycles. The van der Waals surface area contributed by atoms with Crippen molar-refractivity contribution in [3.05, 3.63) is 29.6 Å². The van der Waals surface area contributed by atoms with E-state index in [1.807, 2.05) is 0 Å². The quantitative estimate of drug-likeness (QED) is 0.839. The van der Waals surface area contributed by atoms with Crippen LogP contribution in [-0.4, -0.2) is 13.0 Å². The van der Waals surface area contributed by atoms with Crippen molar-refractivity contribution in [2.24, 2.45) is 5.73 Å². The molecule has 17 heavy (non-hydrogen) atoms. The Morgan fingerprint density at radius 1 is 1.29 bits per heavy atom. The Hall–Kier alpha value is -1.37. The van der Waals surface area contributed by atoms with Crippen molar-refractivity contribution in [1.29, 1.82) is 0 Å². The van der Waals surface area contributed by atoms with Crippen molar-refractivity contribution >= 4 is 0 Å². The SMILES string of the molecule is N[C@H](CCF)c1cc(OC(F)(F)F)ccc1F. The van der Waals surface area contributed by atoms with Crippen LogP contribution in [0.4, 0.5) is 22.0 Å². The van der Waals surface area contributed by atoms with Crippen LogP contribution in [-0.2, 0) is 0 Å². The lowest BCUT2D eigenvalue weighted by molar-refractivity contribution is -0.274. The lowest BCUT2D eigenvalue weighted by Crippen LogP contribution is -2.18. The van der Waals surface area contributed by atoms with Gasteiger partial charge >= 0.3 is 6.36 Å². The number of alkyl halides is 4. The van der Waals surface area contributed by atoms with Crippen LogP contribution in [0.1, 0.15) is 18.0 Å². The highest BCUT2D eigenvalue weighted by atomic mass is 19.4. The van der Waals surface area contributed by atoms with Crippen molar-refractivity contribution < 1.29 is 26.7 Å². The van der Waals surface area contributed by atoms with Gasteiger partial charge in [-0.3, -0.25) is 4.39 Å². The van der Waals surface area contributed by atoms with Gasteiger partial charge in [-0.1, -0.05) is 0 Å². The van der Waals surface area contributed by atoms with Gasteiger partial charge in [0.05, 0.1) is 6.67 Å². The first-order chi connectivity index (χ1) is 7.83. The number of nitrogens with two attached hydrogens (primary N) is 1. The van der Waals surface area contributed by atoms with Crippen LogP contribution in [0, 0.1) is 5.82 Å².